The second kappa shape index (κ2) is 8.99. The van der Waals surface area contributed by atoms with Gasteiger partial charge in [-0.25, -0.2) is 0 Å². The number of ether oxygens (including phenoxy) is 2. The third kappa shape index (κ3) is 5.00. The van der Waals surface area contributed by atoms with Crippen LogP contribution in [0.2, 0.25) is 5.02 Å². The summed E-state index contributed by atoms with van der Waals surface area (Å²) in [6.45, 7) is 3.29. The van der Waals surface area contributed by atoms with Gasteiger partial charge in [-0.3, -0.25) is 9.10 Å². The van der Waals surface area contributed by atoms with Crippen LogP contribution in [-0.4, -0.2) is 38.6 Å². The first-order chi connectivity index (χ1) is 14.6. The molecular weight excluding hydrogens is 442 g/mol. The molecule has 0 saturated carbocycles. The van der Waals surface area contributed by atoms with E-state index < -0.39 is 16.1 Å². The van der Waals surface area contributed by atoms with Gasteiger partial charge in [0.1, 0.15) is 11.5 Å². The summed E-state index contributed by atoms with van der Waals surface area (Å²) in [7, 11) is -0.947. The summed E-state index contributed by atoms with van der Waals surface area (Å²) in [5.41, 5.74) is 2.10. The van der Waals surface area contributed by atoms with E-state index in [4.69, 9.17) is 21.1 Å². The maximum atomic E-state index is 12.9. The molecule has 0 unspecified atom stereocenters. The molecular formula is C21H22ClN3O5S. The van der Waals surface area contributed by atoms with Crippen molar-refractivity contribution < 1.29 is 22.7 Å². The Hall–Kier alpha value is -3.04. The van der Waals surface area contributed by atoms with Gasteiger partial charge in [-0.15, -0.1) is 4.40 Å². The Morgan fingerprint density at radius 1 is 1.13 bits per heavy atom. The second-order valence-corrected chi connectivity index (χ2v) is 8.80. The molecule has 0 aliphatic carbocycles. The average molecular weight is 464 g/mol. The summed E-state index contributed by atoms with van der Waals surface area (Å²) in [4.78, 5) is 12.9. The fourth-order valence-electron chi connectivity index (χ4n) is 2.96. The van der Waals surface area contributed by atoms with Crippen molar-refractivity contribution in [2.24, 2.45) is 4.40 Å². The van der Waals surface area contributed by atoms with Gasteiger partial charge in [0.05, 0.1) is 37.7 Å². The van der Waals surface area contributed by atoms with Crippen LogP contribution in [0.25, 0.3) is 0 Å². The first-order valence-corrected chi connectivity index (χ1v) is 11.0. The average Bonchev–Trinajstić information content (AvgIpc) is 2.72. The van der Waals surface area contributed by atoms with Crippen LogP contribution in [0.5, 0.6) is 11.5 Å². The van der Waals surface area contributed by atoms with Gasteiger partial charge >= 0.3 is 10.2 Å². The van der Waals surface area contributed by atoms with Crippen LogP contribution in [0.3, 0.4) is 0 Å². The van der Waals surface area contributed by atoms with Gasteiger partial charge in [0.25, 0.3) is 5.91 Å². The SMILES string of the molecule is COc1ccc(CN2C=C(C(=O)Nc3cc(C)c(Cl)cc3OC)C(C)=NS2(=O)=O)cc1. The summed E-state index contributed by atoms with van der Waals surface area (Å²) in [5.74, 6) is 0.524. The molecule has 0 aromatic heterocycles. The number of benzene rings is 2. The van der Waals surface area contributed by atoms with Gasteiger partial charge < -0.3 is 14.8 Å². The van der Waals surface area contributed by atoms with E-state index in [0.717, 1.165) is 9.87 Å². The highest BCUT2D eigenvalue weighted by atomic mass is 35.5. The van der Waals surface area contributed by atoms with Crippen LogP contribution >= 0.6 is 11.6 Å². The maximum Gasteiger partial charge on any atom is 0.344 e. The van der Waals surface area contributed by atoms with E-state index in [9.17, 15) is 13.2 Å². The van der Waals surface area contributed by atoms with E-state index in [0.29, 0.717) is 27.8 Å². The molecule has 1 N–H and O–H groups in total. The molecule has 1 amide bonds. The predicted octanol–water partition coefficient (Wildman–Crippen LogP) is 3.71. The molecule has 0 atom stereocenters. The Labute approximate surface area is 186 Å². The van der Waals surface area contributed by atoms with Crippen LogP contribution in [0.4, 0.5) is 5.69 Å². The molecule has 0 saturated heterocycles. The van der Waals surface area contributed by atoms with Crippen LogP contribution < -0.4 is 14.8 Å². The summed E-state index contributed by atoms with van der Waals surface area (Å²) in [6.07, 6.45) is 1.28. The largest absolute Gasteiger partial charge is 0.497 e. The molecule has 1 aliphatic heterocycles. The van der Waals surface area contributed by atoms with Crippen LogP contribution in [0, 0.1) is 6.92 Å². The van der Waals surface area contributed by atoms with Gasteiger partial charge in [-0.05, 0) is 43.2 Å². The number of hydrogen-bond donors (Lipinski definition) is 1. The number of amides is 1. The van der Waals surface area contributed by atoms with Crippen molar-refractivity contribution in [1.29, 1.82) is 0 Å². The molecule has 1 aliphatic rings. The predicted molar refractivity (Wildman–Crippen MR) is 120 cm³/mol. The number of anilines is 1. The lowest BCUT2D eigenvalue weighted by Gasteiger charge is -2.24. The molecule has 0 fully saturated rings. The number of carbonyl (C=O) groups excluding carboxylic acids is 1. The van der Waals surface area contributed by atoms with E-state index in [-0.39, 0.29) is 17.8 Å². The Bertz CT molecular complexity index is 1170. The standard InChI is InChI=1S/C21H22ClN3O5S/c1-13-9-19(20(30-4)10-18(13)22)23-21(26)17-12-25(31(27,28)24-14(17)2)11-15-5-7-16(29-3)8-6-15/h5-10,12H,11H2,1-4H3,(H,23,26). The molecule has 2 aromatic carbocycles. The number of rotatable bonds is 6. The lowest BCUT2D eigenvalue weighted by molar-refractivity contribution is -0.112. The maximum absolute atomic E-state index is 12.9. The van der Waals surface area contributed by atoms with E-state index in [1.54, 1.807) is 50.4 Å². The van der Waals surface area contributed by atoms with Crippen molar-refractivity contribution in [2.45, 2.75) is 20.4 Å². The first-order valence-electron chi connectivity index (χ1n) is 9.23. The fraction of sp³-hybridized carbons (Fsp3) is 0.238. The third-order valence-corrected chi connectivity index (χ3v) is 6.42. The summed E-state index contributed by atoms with van der Waals surface area (Å²) in [5, 5.41) is 3.25. The Kier molecular flexibility index (Phi) is 6.56. The van der Waals surface area contributed by atoms with Crippen LogP contribution in [0.15, 0.2) is 52.6 Å². The summed E-state index contributed by atoms with van der Waals surface area (Å²) >= 11 is 6.12. The molecule has 3 rings (SSSR count). The quantitative estimate of drug-likeness (QED) is 0.704. The Morgan fingerprint density at radius 2 is 1.81 bits per heavy atom. The normalized spacial score (nSPS) is 15.1. The number of carbonyl (C=O) groups is 1. The Balaban J connectivity index is 1.89. The fourth-order valence-corrected chi connectivity index (χ4v) is 4.21. The minimum Gasteiger partial charge on any atom is -0.497 e. The molecule has 0 radical (unpaired) electrons. The second-order valence-electron chi connectivity index (χ2n) is 6.85. The number of halogens is 1. The van der Waals surface area contributed by atoms with E-state index in [1.807, 2.05) is 0 Å². The lowest BCUT2D eigenvalue weighted by Crippen LogP contribution is -2.32. The number of nitrogens with one attached hydrogen (secondary N) is 1. The molecule has 31 heavy (non-hydrogen) atoms. The van der Waals surface area contributed by atoms with Crippen LogP contribution in [0.1, 0.15) is 18.1 Å². The van der Waals surface area contributed by atoms with Crippen molar-refractivity contribution >= 4 is 39.1 Å². The number of hydrogen-bond acceptors (Lipinski definition) is 5. The molecule has 10 heteroatoms. The van der Waals surface area contributed by atoms with Gasteiger partial charge in [-0.2, -0.15) is 8.42 Å². The highest BCUT2D eigenvalue weighted by Gasteiger charge is 2.28. The van der Waals surface area contributed by atoms with Gasteiger partial charge in [0.15, 0.2) is 0 Å². The zero-order chi connectivity index (χ0) is 22.8. The Morgan fingerprint density at radius 3 is 2.42 bits per heavy atom. The van der Waals surface area contributed by atoms with E-state index in [2.05, 4.69) is 9.71 Å². The van der Waals surface area contributed by atoms with Gasteiger partial charge in [0, 0.05) is 17.3 Å². The summed E-state index contributed by atoms with van der Waals surface area (Å²) in [6, 6.07) is 10.2. The zero-order valence-corrected chi connectivity index (χ0v) is 19.0. The summed E-state index contributed by atoms with van der Waals surface area (Å²) < 4.78 is 40.2. The molecule has 0 spiro atoms. The van der Waals surface area contributed by atoms with Crippen molar-refractivity contribution in [2.75, 3.05) is 19.5 Å². The van der Waals surface area contributed by atoms with E-state index >= 15 is 0 Å². The molecule has 2 aromatic rings. The van der Waals surface area contributed by atoms with Crippen molar-refractivity contribution in [3.05, 3.63) is 64.3 Å². The number of nitrogens with zero attached hydrogens (tertiary/aromatic N) is 2. The van der Waals surface area contributed by atoms with Crippen molar-refractivity contribution in [3.63, 3.8) is 0 Å². The highest BCUT2D eigenvalue weighted by molar-refractivity contribution is 7.88. The third-order valence-electron chi connectivity index (χ3n) is 4.68. The molecule has 0 bridgehead atoms. The lowest BCUT2D eigenvalue weighted by atomic mass is 10.1. The van der Waals surface area contributed by atoms with Crippen molar-refractivity contribution in [3.8, 4) is 11.5 Å². The number of aryl methyl sites for hydroxylation is 1. The van der Waals surface area contributed by atoms with Crippen LogP contribution in [-0.2, 0) is 21.5 Å². The van der Waals surface area contributed by atoms with E-state index in [1.165, 1.54) is 20.2 Å². The topological polar surface area (TPSA) is 97.3 Å². The minimum atomic E-state index is -3.96. The number of methoxy groups -OCH3 is 2. The first kappa shape index (κ1) is 22.6. The van der Waals surface area contributed by atoms with Gasteiger partial charge in [-0.1, -0.05) is 23.7 Å². The molecule has 164 valence electrons. The van der Waals surface area contributed by atoms with Gasteiger partial charge in [0.2, 0.25) is 0 Å². The highest BCUT2D eigenvalue weighted by Crippen LogP contribution is 2.31. The zero-order valence-electron chi connectivity index (χ0n) is 17.5. The molecule has 8 nitrogen and oxygen atoms in total. The monoisotopic (exact) mass is 463 g/mol. The van der Waals surface area contributed by atoms with Crippen molar-refractivity contribution in [1.82, 2.24) is 4.31 Å². The molecule has 1 heterocycles. The smallest absolute Gasteiger partial charge is 0.344 e. The minimum absolute atomic E-state index is 0.0171.